The standard InChI is InChI=1S/C20H25NO4/c1-5-19(25-18-11-7-9-16(13-18)23-4)20(22)21-15-8-6-10-17(12-15)24-14(2)3/h6-14,19H,5H2,1-4H3,(H,21,22)/t19-/m0/s1. The van der Waals surface area contributed by atoms with Crippen molar-refractivity contribution in [2.45, 2.75) is 39.4 Å². The Morgan fingerprint density at radius 3 is 2.28 bits per heavy atom. The van der Waals surface area contributed by atoms with Gasteiger partial charge in [-0.2, -0.15) is 0 Å². The number of carbonyl (C=O) groups is 1. The van der Waals surface area contributed by atoms with E-state index in [9.17, 15) is 4.79 Å². The number of ether oxygens (including phenoxy) is 3. The van der Waals surface area contributed by atoms with Crippen molar-refractivity contribution in [2.24, 2.45) is 0 Å². The lowest BCUT2D eigenvalue weighted by Gasteiger charge is -2.18. The van der Waals surface area contributed by atoms with E-state index >= 15 is 0 Å². The highest BCUT2D eigenvalue weighted by molar-refractivity contribution is 5.94. The zero-order valence-electron chi connectivity index (χ0n) is 15.1. The number of carbonyl (C=O) groups excluding carboxylic acids is 1. The lowest BCUT2D eigenvalue weighted by atomic mass is 10.2. The Labute approximate surface area is 148 Å². The SMILES string of the molecule is CC[C@H](Oc1cccc(OC)c1)C(=O)Nc1cccc(OC(C)C)c1. The van der Waals surface area contributed by atoms with Crippen LogP contribution in [0.1, 0.15) is 27.2 Å². The van der Waals surface area contributed by atoms with Crippen LogP contribution >= 0.6 is 0 Å². The molecule has 25 heavy (non-hydrogen) atoms. The van der Waals surface area contributed by atoms with Gasteiger partial charge in [-0.05, 0) is 44.5 Å². The highest BCUT2D eigenvalue weighted by atomic mass is 16.5. The van der Waals surface area contributed by atoms with Gasteiger partial charge in [0, 0.05) is 17.8 Å². The average molecular weight is 343 g/mol. The molecule has 5 nitrogen and oxygen atoms in total. The summed E-state index contributed by atoms with van der Waals surface area (Å²) in [5, 5.41) is 2.88. The maximum atomic E-state index is 12.5. The number of benzene rings is 2. The first kappa shape index (κ1) is 18.6. The Bertz CT molecular complexity index is 700. The third kappa shape index (κ3) is 5.71. The number of hydrogen-bond acceptors (Lipinski definition) is 4. The molecule has 1 N–H and O–H groups in total. The van der Waals surface area contributed by atoms with Gasteiger partial charge in [0.15, 0.2) is 6.10 Å². The van der Waals surface area contributed by atoms with Crippen molar-refractivity contribution < 1.29 is 19.0 Å². The largest absolute Gasteiger partial charge is 0.497 e. The van der Waals surface area contributed by atoms with Crippen LogP contribution in [0.15, 0.2) is 48.5 Å². The fraction of sp³-hybridized carbons (Fsp3) is 0.350. The molecule has 134 valence electrons. The normalized spacial score (nSPS) is 11.7. The predicted octanol–water partition coefficient (Wildman–Crippen LogP) is 4.28. The second-order valence-electron chi connectivity index (χ2n) is 5.88. The van der Waals surface area contributed by atoms with E-state index in [0.29, 0.717) is 23.6 Å². The van der Waals surface area contributed by atoms with Gasteiger partial charge < -0.3 is 19.5 Å². The quantitative estimate of drug-likeness (QED) is 0.777. The van der Waals surface area contributed by atoms with Crippen LogP contribution < -0.4 is 19.5 Å². The van der Waals surface area contributed by atoms with Crippen molar-refractivity contribution in [1.82, 2.24) is 0 Å². The maximum absolute atomic E-state index is 12.5. The van der Waals surface area contributed by atoms with Crippen LogP contribution in [0.2, 0.25) is 0 Å². The molecular weight excluding hydrogens is 318 g/mol. The third-order valence-electron chi connectivity index (χ3n) is 3.46. The van der Waals surface area contributed by atoms with Crippen molar-refractivity contribution in [3.8, 4) is 17.2 Å². The molecule has 0 spiro atoms. The van der Waals surface area contributed by atoms with Gasteiger partial charge in [0.2, 0.25) is 0 Å². The van der Waals surface area contributed by atoms with Crippen molar-refractivity contribution in [1.29, 1.82) is 0 Å². The zero-order valence-corrected chi connectivity index (χ0v) is 15.1. The van der Waals surface area contributed by atoms with Crippen LogP contribution in [0.5, 0.6) is 17.2 Å². The Hall–Kier alpha value is -2.69. The van der Waals surface area contributed by atoms with E-state index in [1.165, 1.54) is 0 Å². The summed E-state index contributed by atoms with van der Waals surface area (Å²) in [5.74, 6) is 1.80. The first-order chi connectivity index (χ1) is 12.0. The summed E-state index contributed by atoms with van der Waals surface area (Å²) in [5.41, 5.74) is 0.677. The first-order valence-electron chi connectivity index (χ1n) is 8.40. The minimum atomic E-state index is -0.596. The second kappa shape index (κ2) is 8.97. The van der Waals surface area contributed by atoms with Gasteiger partial charge in [0.05, 0.1) is 13.2 Å². The number of amides is 1. The highest BCUT2D eigenvalue weighted by Gasteiger charge is 2.19. The molecular formula is C20H25NO4. The number of anilines is 1. The molecule has 0 radical (unpaired) electrons. The van der Waals surface area contributed by atoms with Crippen LogP contribution in [0.3, 0.4) is 0 Å². The molecule has 0 fully saturated rings. The predicted molar refractivity (Wildman–Crippen MR) is 98.5 cm³/mol. The molecule has 1 atom stereocenters. The van der Waals surface area contributed by atoms with Gasteiger partial charge in [0.25, 0.3) is 5.91 Å². The van der Waals surface area contributed by atoms with Crippen molar-refractivity contribution in [3.63, 3.8) is 0 Å². The van der Waals surface area contributed by atoms with Crippen LogP contribution in [-0.2, 0) is 4.79 Å². The average Bonchev–Trinajstić information content (AvgIpc) is 2.59. The zero-order chi connectivity index (χ0) is 18.2. The highest BCUT2D eigenvalue weighted by Crippen LogP contribution is 2.22. The van der Waals surface area contributed by atoms with E-state index in [2.05, 4.69) is 5.32 Å². The number of hydrogen-bond donors (Lipinski definition) is 1. The van der Waals surface area contributed by atoms with Crippen LogP contribution in [0.4, 0.5) is 5.69 Å². The van der Waals surface area contributed by atoms with Gasteiger partial charge in [-0.25, -0.2) is 0 Å². The summed E-state index contributed by atoms with van der Waals surface area (Å²) < 4.78 is 16.6. The van der Waals surface area contributed by atoms with Crippen molar-refractivity contribution in [3.05, 3.63) is 48.5 Å². The van der Waals surface area contributed by atoms with Crippen molar-refractivity contribution in [2.75, 3.05) is 12.4 Å². The third-order valence-corrected chi connectivity index (χ3v) is 3.46. The Morgan fingerprint density at radius 1 is 1.00 bits per heavy atom. The van der Waals surface area contributed by atoms with Gasteiger partial charge in [-0.15, -0.1) is 0 Å². The van der Waals surface area contributed by atoms with E-state index in [1.807, 2.05) is 51.1 Å². The molecule has 0 aliphatic rings. The van der Waals surface area contributed by atoms with E-state index in [0.717, 1.165) is 5.75 Å². The Kier molecular flexibility index (Phi) is 6.69. The summed E-state index contributed by atoms with van der Waals surface area (Å²) in [7, 11) is 1.59. The van der Waals surface area contributed by atoms with E-state index in [-0.39, 0.29) is 12.0 Å². The van der Waals surface area contributed by atoms with Crippen LogP contribution in [0.25, 0.3) is 0 Å². The fourth-order valence-electron chi connectivity index (χ4n) is 2.30. The number of rotatable bonds is 8. The Morgan fingerprint density at radius 2 is 1.64 bits per heavy atom. The van der Waals surface area contributed by atoms with Gasteiger partial charge in [-0.3, -0.25) is 4.79 Å². The molecule has 0 unspecified atom stereocenters. The number of nitrogens with one attached hydrogen (secondary N) is 1. The van der Waals surface area contributed by atoms with E-state index < -0.39 is 6.10 Å². The maximum Gasteiger partial charge on any atom is 0.265 e. The molecule has 0 saturated carbocycles. The molecule has 0 aromatic heterocycles. The molecule has 0 saturated heterocycles. The summed E-state index contributed by atoms with van der Waals surface area (Å²) >= 11 is 0. The Balaban J connectivity index is 2.04. The molecule has 2 rings (SSSR count). The molecule has 0 aliphatic carbocycles. The summed E-state index contributed by atoms with van der Waals surface area (Å²) in [6.07, 6.45) is 0.0260. The lowest BCUT2D eigenvalue weighted by molar-refractivity contribution is -0.122. The summed E-state index contributed by atoms with van der Waals surface area (Å²) in [6.45, 7) is 5.82. The molecule has 1 amide bonds. The van der Waals surface area contributed by atoms with E-state index in [1.54, 1.807) is 25.3 Å². The van der Waals surface area contributed by atoms with E-state index in [4.69, 9.17) is 14.2 Å². The van der Waals surface area contributed by atoms with Crippen LogP contribution in [0, 0.1) is 0 Å². The molecule has 0 heterocycles. The molecule has 0 aliphatic heterocycles. The molecule has 5 heteroatoms. The van der Waals surface area contributed by atoms with Crippen molar-refractivity contribution >= 4 is 11.6 Å². The number of methoxy groups -OCH3 is 1. The monoisotopic (exact) mass is 343 g/mol. The van der Waals surface area contributed by atoms with Gasteiger partial charge in [-0.1, -0.05) is 19.1 Å². The minimum absolute atomic E-state index is 0.0748. The molecule has 2 aromatic rings. The van der Waals surface area contributed by atoms with Gasteiger partial charge in [0.1, 0.15) is 17.2 Å². The molecule has 2 aromatic carbocycles. The summed E-state index contributed by atoms with van der Waals surface area (Å²) in [4.78, 5) is 12.5. The van der Waals surface area contributed by atoms with Crippen LogP contribution in [-0.4, -0.2) is 25.2 Å². The lowest BCUT2D eigenvalue weighted by Crippen LogP contribution is -2.32. The first-order valence-corrected chi connectivity index (χ1v) is 8.40. The fourth-order valence-corrected chi connectivity index (χ4v) is 2.30. The smallest absolute Gasteiger partial charge is 0.265 e. The second-order valence-corrected chi connectivity index (χ2v) is 5.88. The van der Waals surface area contributed by atoms with Gasteiger partial charge >= 0.3 is 0 Å². The minimum Gasteiger partial charge on any atom is -0.497 e. The summed E-state index contributed by atoms with van der Waals surface area (Å²) in [6, 6.07) is 14.5. The molecule has 0 bridgehead atoms. The topological polar surface area (TPSA) is 56.8 Å².